The zero-order valence-corrected chi connectivity index (χ0v) is 15.5. The van der Waals surface area contributed by atoms with Crippen LogP contribution in [-0.2, 0) is 22.6 Å². The van der Waals surface area contributed by atoms with Gasteiger partial charge in [0.05, 0.1) is 12.5 Å². The van der Waals surface area contributed by atoms with Crippen LogP contribution in [0.4, 0.5) is 10.5 Å². The van der Waals surface area contributed by atoms with Crippen molar-refractivity contribution in [2.24, 2.45) is 0 Å². The van der Waals surface area contributed by atoms with Gasteiger partial charge < -0.3 is 14.7 Å². The Balaban J connectivity index is 1.46. The molecule has 1 unspecified atom stereocenters. The molecule has 0 aromatic heterocycles. The molecule has 3 rings (SSSR count). The first-order chi connectivity index (χ1) is 13.0. The molecule has 6 nitrogen and oxygen atoms in total. The number of nitrogens with one attached hydrogen (secondary N) is 1. The Morgan fingerprint density at radius 1 is 1.11 bits per heavy atom. The van der Waals surface area contributed by atoms with E-state index in [1.54, 1.807) is 53.4 Å². The molecule has 2 aromatic rings. The van der Waals surface area contributed by atoms with Crippen LogP contribution in [0.3, 0.4) is 0 Å². The molecule has 0 aliphatic carbocycles. The van der Waals surface area contributed by atoms with Crippen molar-refractivity contribution >= 4 is 29.3 Å². The molecular weight excluding hydrogens is 368 g/mol. The fraction of sp³-hybridized carbons (Fsp3) is 0.300. The van der Waals surface area contributed by atoms with Crippen molar-refractivity contribution in [3.05, 3.63) is 64.7 Å². The van der Waals surface area contributed by atoms with Gasteiger partial charge in [0.15, 0.2) is 0 Å². The SMILES string of the molecule is O=C(Nc1ccc(CC(=O)N2CCC(O)C2)cc1)OCc1ccc(Cl)cc1. The number of hydrogen-bond acceptors (Lipinski definition) is 4. The predicted molar refractivity (Wildman–Crippen MR) is 103 cm³/mol. The molecule has 0 bridgehead atoms. The minimum atomic E-state index is -0.556. The molecule has 1 heterocycles. The molecule has 0 radical (unpaired) electrons. The number of amides is 2. The van der Waals surface area contributed by atoms with Gasteiger partial charge in [-0.2, -0.15) is 0 Å². The van der Waals surface area contributed by atoms with Crippen molar-refractivity contribution in [2.45, 2.75) is 25.6 Å². The highest BCUT2D eigenvalue weighted by Gasteiger charge is 2.24. The van der Waals surface area contributed by atoms with Crippen LogP contribution in [-0.4, -0.2) is 41.2 Å². The monoisotopic (exact) mass is 388 g/mol. The molecule has 2 amide bonds. The van der Waals surface area contributed by atoms with Crippen LogP contribution in [0.25, 0.3) is 0 Å². The quantitative estimate of drug-likeness (QED) is 0.824. The van der Waals surface area contributed by atoms with E-state index in [0.29, 0.717) is 30.2 Å². The number of rotatable bonds is 5. The van der Waals surface area contributed by atoms with Gasteiger partial charge in [-0.25, -0.2) is 4.79 Å². The predicted octanol–water partition coefficient (Wildman–Crippen LogP) is 3.22. The molecule has 0 spiro atoms. The Bertz CT molecular complexity index is 793. The van der Waals surface area contributed by atoms with Gasteiger partial charge >= 0.3 is 6.09 Å². The number of nitrogens with zero attached hydrogens (tertiary/aromatic N) is 1. The Hall–Kier alpha value is -2.57. The van der Waals surface area contributed by atoms with Crippen molar-refractivity contribution in [1.29, 1.82) is 0 Å². The minimum Gasteiger partial charge on any atom is -0.444 e. The van der Waals surface area contributed by atoms with Crippen molar-refractivity contribution in [1.82, 2.24) is 4.90 Å². The second-order valence-electron chi connectivity index (χ2n) is 6.48. The average Bonchev–Trinajstić information content (AvgIpc) is 3.09. The normalized spacial score (nSPS) is 16.2. The number of carbonyl (C=O) groups is 2. The summed E-state index contributed by atoms with van der Waals surface area (Å²) in [5, 5.41) is 12.8. The first-order valence-electron chi connectivity index (χ1n) is 8.72. The summed E-state index contributed by atoms with van der Waals surface area (Å²) < 4.78 is 5.17. The standard InChI is InChI=1S/C20H21ClN2O4/c21-16-5-1-15(2-6-16)13-27-20(26)22-17-7-3-14(4-8-17)11-19(25)23-10-9-18(24)12-23/h1-8,18,24H,9-13H2,(H,22,26). The molecular formula is C20H21ClN2O4. The maximum absolute atomic E-state index is 12.2. The fourth-order valence-electron chi connectivity index (χ4n) is 2.84. The lowest BCUT2D eigenvalue weighted by Crippen LogP contribution is -2.30. The lowest BCUT2D eigenvalue weighted by molar-refractivity contribution is -0.129. The number of likely N-dealkylation sites (tertiary alicyclic amines) is 1. The third-order valence-electron chi connectivity index (χ3n) is 4.35. The van der Waals surface area contributed by atoms with Gasteiger partial charge in [0, 0.05) is 23.8 Å². The molecule has 27 heavy (non-hydrogen) atoms. The van der Waals surface area contributed by atoms with E-state index in [2.05, 4.69) is 5.32 Å². The maximum Gasteiger partial charge on any atom is 0.411 e. The zero-order chi connectivity index (χ0) is 19.2. The molecule has 0 saturated carbocycles. The van der Waals surface area contributed by atoms with E-state index in [1.165, 1.54) is 0 Å². The van der Waals surface area contributed by atoms with Crippen LogP contribution in [0.2, 0.25) is 5.02 Å². The van der Waals surface area contributed by atoms with E-state index in [1.807, 2.05) is 0 Å². The molecule has 2 N–H and O–H groups in total. The van der Waals surface area contributed by atoms with Gasteiger partial charge in [-0.05, 0) is 41.8 Å². The van der Waals surface area contributed by atoms with Gasteiger partial charge in [-0.15, -0.1) is 0 Å². The summed E-state index contributed by atoms with van der Waals surface area (Å²) in [5.41, 5.74) is 2.28. The third kappa shape index (κ3) is 5.70. The van der Waals surface area contributed by atoms with Crippen molar-refractivity contribution in [3.8, 4) is 0 Å². The molecule has 1 aliphatic rings. The number of anilines is 1. The van der Waals surface area contributed by atoms with Gasteiger partial charge in [0.25, 0.3) is 0 Å². The lowest BCUT2D eigenvalue weighted by atomic mass is 10.1. The van der Waals surface area contributed by atoms with Gasteiger partial charge in [0.2, 0.25) is 5.91 Å². The van der Waals surface area contributed by atoms with Crippen LogP contribution in [0.1, 0.15) is 17.5 Å². The van der Waals surface area contributed by atoms with Crippen LogP contribution < -0.4 is 5.32 Å². The van der Waals surface area contributed by atoms with Crippen molar-refractivity contribution in [2.75, 3.05) is 18.4 Å². The van der Waals surface area contributed by atoms with Crippen molar-refractivity contribution in [3.63, 3.8) is 0 Å². The van der Waals surface area contributed by atoms with E-state index >= 15 is 0 Å². The summed E-state index contributed by atoms with van der Waals surface area (Å²) in [5.74, 6) is -0.00497. The first kappa shape index (κ1) is 19.2. The second kappa shape index (κ2) is 8.88. The van der Waals surface area contributed by atoms with Crippen LogP contribution in [0.5, 0.6) is 0 Å². The highest BCUT2D eigenvalue weighted by atomic mass is 35.5. The van der Waals surface area contributed by atoms with E-state index in [4.69, 9.17) is 16.3 Å². The zero-order valence-electron chi connectivity index (χ0n) is 14.7. The number of ether oxygens (including phenoxy) is 1. The Kier molecular flexibility index (Phi) is 6.32. The number of aliphatic hydroxyl groups is 1. The Morgan fingerprint density at radius 2 is 1.78 bits per heavy atom. The molecule has 1 saturated heterocycles. The third-order valence-corrected chi connectivity index (χ3v) is 4.61. The molecule has 7 heteroatoms. The van der Waals surface area contributed by atoms with Crippen LogP contribution in [0, 0.1) is 0 Å². The van der Waals surface area contributed by atoms with Crippen molar-refractivity contribution < 1.29 is 19.4 Å². The van der Waals surface area contributed by atoms with E-state index in [0.717, 1.165) is 11.1 Å². The second-order valence-corrected chi connectivity index (χ2v) is 6.92. The van der Waals surface area contributed by atoms with Gasteiger partial charge in [-0.1, -0.05) is 35.9 Å². The summed E-state index contributed by atoms with van der Waals surface area (Å²) >= 11 is 5.81. The molecule has 2 aromatic carbocycles. The minimum absolute atomic E-state index is 0.00497. The summed E-state index contributed by atoms with van der Waals surface area (Å²) in [7, 11) is 0. The van der Waals surface area contributed by atoms with Crippen LogP contribution in [0.15, 0.2) is 48.5 Å². The van der Waals surface area contributed by atoms with E-state index < -0.39 is 12.2 Å². The first-order valence-corrected chi connectivity index (χ1v) is 9.10. The number of benzene rings is 2. The summed E-state index contributed by atoms with van der Waals surface area (Å²) in [6.07, 6.45) is -0.0694. The maximum atomic E-state index is 12.2. The lowest BCUT2D eigenvalue weighted by Gasteiger charge is -2.15. The van der Waals surface area contributed by atoms with E-state index in [9.17, 15) is 14.7 Å². The Morgan fingerprint density at radius 3 is 2.41 bits per heavy atom. The number of halogens is 1. The summed E-state index contributed by atoms with van der Waals surface area (Å²) in [6, 6.07) is 14.1. The number of carbonyl (C=O) groups excluding carboxylic acids is 2. The number of β-amino-alcohol motifs (C(OH)–C–C–N with tert-alkyl or cyclic N) is 1. The van der Waals surface area contributed by atoms with Gasteiger partial charge in [-0.3, -0.25) is 10.1 Å². The molecule has 142 valence electrons. The van der Waals surface area contributed by atoms with Gasteiger partial charge in [0.1, 0.15) is 6.61 Å². The average molecular weight is 389 g/mol. The molecule has 1 aliphatic heterocycles. The highest BCUT2D eigenvalue weighted by Crippen LogP contribution is 2.15. The largest absolute Gasteiger partial charge is 0.444 e. The Labute approximate surface area is 162 Å². The topological polar surface area (TPSA) is 78.9 Å². The summed E-state index contributed by atoms with van der Waals surface area (Å²) in [6.45, 7) is 1.15. The number of hydrogen-bond donors (Lipinski definition) is 2. The number of aliphatic hydroxyl groups excluding tert-OH is 1. The van der Waals surface area contributed by atoms with Crippen LogP contribution >= 0.6 is 11.6 Å². The smallest absolute Gasteiger partial charge is 0.411 e. The fourth-order valence-corrected chi connectivity index (χ4v) is 2.97. The molecule has 1 fully saturated rings. The summed E-state index contributed by atoms with van der Waals surface area (Å²) in [4.78, 5) is 25.7. The van der Waals surface area contributed by atoms with E-state index in [-0.39, 0.29) is 18.9 Å². The molecule has 1 atom stereocenters. The highest BCUT2D eigenvalue weighted by molar-refractivity contribution is 6.30.